The second kappa shape index (κ2) is 7.85. The molecule has 0 radical (unpaired) electrons. The fraction of sp³-hybridized carbons (Fsp3) is 0.625. The SMILES string of the molecule is CCCc1nnsc1C(=O)N1CCN(CCn2ccnc2C)CC1. The van der Waals surface area contributed by atoms with E-state index in [1.54, 1.807) is 0 Å². The van der Waals surface area contributed by atoms with Crippen molar-refractivity contribution >= 4 is 17.4 Å². The van der Waals surface area contributed by atoms with Gasteiger partial charge >= 0.3 is 0 Å². The Kier molecular flexibility index (Phi) is 5.57. The van der Waals surface area contributed by atoms with Crippen LogP contribution in [0, 0.1) is 6.92 Å². The largest absolute Gasteiger partial charge is 0.335 e. The van der Waals surface area contributed by atoms with Crippen LogP contribution in [0.1, 0.15) is 34.5 Å². The van der Waals surface area contributed by atoms with Crippen LogP contribution in [0.15, 0.2) is 12.4 Å². The van der Waals surface area contributed by atoms with E-state index in [9.17, 15) is 4.79 Å². The third-order valence-electron chi connectivity index (χ3n) is 4.48. The van der Waals surface area contributed by atoms with Crippen LogP contribution in [0.3, 0.4) is 0 Å². The van der Waals surface area contributed by atoms with E-state index in [1.807, 2.05) is 24.2 Å². The Bertz CT molecular complexity index is 674. The lowest BCUT2D eigenvalue weighted by Crippen LogP contribution is -2.49. The van der Waals surface area contributed by atoms with Crippen molar-refractivity contribution in [3.05, 3.63) is 28.8 Å². The molecule has 0 bridgehead atoms. The zero-order valence-electron chi connectivity index (χ0n) is 14.3. The third kappa shape index (κ3) is 3.81. The molecule has 7 nitrogen and oxygen atoms in total. The average molecular weight is 348 g/mol. The zero-order valence-corrected chi connectivity index (χ0v) is 15.1. The highest BCUT2D eigenvalue weighted by Crippen LogP contribution is 2.16. The summed E-state index contributed by atoms with van der Waals surface area (Å²) in [7, 11) is 0. The summed E-state index contributed by atoms with van der Waals surface area (Å²) in [5, 5.41) is 4.10. The van der Waals surface area contributed by atoms with Crippen LogP contribution >= 0.6 is 11.5 Å². The number of aryl methyl sites for hydroxylation is 2. The lowest BCUT2D eigenvalue weighted by Gasteiger charge is -2.34. The van der Waals surface area contributed by atoms with E-state index in [0.717, 1.165) is 68.5 Å². The van der Waals surface area contributed by atoms with Gasteiger partial charge in [-0.15, -0.1) is 5.10 Å². The predicted molar refractivity (Wildman–Crippen MR) is 93.2 cm³/mol. The molecule has 0 atom stereocenters. The van der Waals surface area contributed by atoms with E-state index in [1.165, 1.54) is 11.5 Å². The van der Waals surface area contributed by atoms with Gasteiger partial charge in [-0.25, -0.2) is 4.98 Å². The van der Waals surface area contributed by atoms with Gasteiger partial charge < -0.3 is 9.47 Å². The summed E-state index contributed by atoms with van der Waals surface area (Å²) in [5.41, 5.74) is 0.852. The molecule has 3 heterocycles. The highest BCUT2D eigenvalue weighted by molar-refractivity contribution is 7.08. The topological polar surface area (TPSA) is 67.2 Å². The minimum Gasteiger partial charge on any atom is -0.335 e. The highest BCUT2D eigenvalue weighted by atomic mass is 32.1. The van der Waals surface area contributed by atoms with Gasteiger partial charge in [0.25, 0.3) is 5.91 Å². The molecule has 8 heteroatoms. The smallest absolute Gasteiger partial charge is 0.267 e. The van der Waals surface area contributed by atoms with Crippen molar-refractivity contribution < 1.29 is 4.79 Å². The van der Waals surface area contributed by atoms with E-state index in [4.69, 9.17) is 0 Å². The molecule has 0 unspecified atom stereocenters. The molecule has 1 aliphatic heterocycles. The summed E-state index contributed by atoms with van der Waals surface area (Å²) >= 11 is 1.23. The summed E-state index contributed by atoms with van der Waals surface area (Å²) in [4.78, 5) is 22.0. The first-order valence-corrected chi connectivity index (χ1v) is 9.27. The number of amides is 1. The summed E-state index contributed by atoms with van der Waals surface area (Å²) in [6.45, 7) is 9.41. The Morgan fingerprint density at radius 2 is 2.04 bits per heavy atom. The molecule has 2 aromatic heterocycles. The summed E-state index contributed by atoms with van der Waals surface area (Å²) < 4.78 is 6.13. The maximum absolute atomic E-state index is 12.7. The second-order valence-corrected chi connectivity index (χ2v) is 6.85. The van der Waals surface area contributed by atoms with Crippen molar-refractivity contribution in [2.24, 2.45) is 0 Å². The number of imidazole rings is 1. The van der Waals surface area contributed by atoms with Gasteiger partial charge in [0.05, 0.1) is 5.69 Å². The minimum absolute atomic E-state index is 0.0959. The number of hydrogen-bond donors (Lipinski definition) is 0. The molecule has 1 saturated heterocycles. The normalized spacial score (nSPS) is 15.8. The van der Waals surface area contributed by atoms with Crippen LogP contribution in [-0.4, -0.2) is 67.6 Å². The van der Waals surface area contributed by atoms with Gasteiger partial charge in [0.1, 0.15) is 10.7 Å². The van der Waals surface area contributed by atoms with E-state index in [2.05, 4.69) is 31.0 Å². The minimum atomic E-state index is 0.0959. The third-order valence-corrected chi connectivity index (χ3v) is 5.23. The number of nitrogens with zero attached hydrogens (tertiary/aromatic N) is 6. The number of piperazine rings is 1. The molecule has 0 spiro atoms. The van der Waals surface area contributed by atoms with E-state index < -0.39 is 0 Å². The predicted octanol–water partition coefficient (Wildman–Crippen LogP) is 1.45. The van der Waals surface area contributed by atoms with E-state index in [0.29, 0.717) is 0 Å². The number of rotatable bonds is 6. The van der Waals surface area contributed by atoms with Gasteiger partial charge in [0.15, 0.2) is 0 Å². The van der Waals surface area contributed by atoms with Crippen LogP contribution in [0.5, 0.6) is 0 Å². The lowest BCUT2D eigenvalue weighted by atomic mass is 10.2. The molecule has 1 amide bonds. The average Bonchev–Trinajstić information content (AvgIpc) is 3.22. The Morgan fingerprint density at radius 3 is 2.71 bits per heavy atom. The number of carbonyl (C=O) groups is 1. The second-order valence-electron chi connectivity index (χ2n) is 6.10. The molecule has 0 aliphatic carbocycles. The number of carbonyl (C=O) groups excluding carboxylic acids is 1. The number of aromatic nitrogens is 4. The van der Waals surface area contributed by atoms with Crippen molar-refractivity contribution in [3.63, 3.8) is 0 Å². The monoisotopic (exact) mass is 348 g/mol. The van der Waals surface area contributed by atoms with Crippen LogP contribution in [0.2, 0.25) is 0 Å². The van der Waals surface area contributed by atoms with E-state index in [-0.39, 0.29) is 5.91 Å². The van der Waals surface area contributed by atoms with Gasteiger partial charge in [-0.2, -0.15) is 0 Å². The van der Waals surface area contributed by atoms with Gasteiger partial charge in [0.2, 0.25) is 0 Å². The molecule has 0 N–H and O–H groups in total. The van der Waals surface area contributed by atoms with Gasteiger partial charge in [-0.1, -0.05) is 17.8 Å². The fourth-order valence-electron chi connectivity index (χ4n) is 2.98. The molecule has 1 fully saturated rings. The quantitative estimate of drug-likeness (QED) is 0.790. The first-order chi connectivity index (χ1) is 11.7. The molecule has 130 valence electrons. The Morgan fingerprint density at radius 1 is 1.25 bits per heavy atom. The van der Waals surface area contributed by atoms with Crippen molar-refractivity contribution in [1.82, 2.24) is 28.9 Å². The molecule has 0 saturated carbocycles. The molecule has 2 aromatic rings. The highest BCUT2D eigenvalue weighted by Gasteiger charge is 2.25. The fourth-order valence-corrected chi connectivity index (χ4v) is 3.66. The molecule has 24 heavy (non-hydrogen) atoms. The van der Waals surface area contributed by atoms with Crippen molar-refractivity contribution in [2.75, 3.05) is 32.7 Å². The van der Waals surface area contributed by atoms with Crippen molar-refractivity contribution in [2.45, 2.75) is 33.2 Å². The molecule has 1 aliphatic rings. The van der Waals surface area contributed by atoms with Crippen molar-refractivity contribution in [1.29, 1.82) is 0 Å². The van der Waals surface area contributed by atoms with Crippen molar-refractivity contribution in [3.8, 4) is 0 Å². The van der Waals surface area contributed by atoms with Crippen LogP contribution in [-0.2, 0) is 13.0 Å². The van der Waals surface area contributed by atoms with Gasteiger partial charge in [-0.05, 0) is 24.9 Å². The summed E-state index contributed by atoms with van der Waals surface area (Å²) in [6.07, 6.45) is 5.65. The standard InChI is InChI=1S/C16H24N6OS/c1-3-4-14-15(24-19-18-14)16(23)22-11-8-20(9-12-22)7-10-21-6-5-17-13(21)2/h5-6H,3-4,7-12H2,1-2H3. The zero-order chi connectivity index (χ0) is 16.9. The first kappa shape index (κ1) is 17.0. The molecular weight excluding hydrogens is 324 g/mol. The maximum atomic E-state index is 12.7. The van der Waals surface area contributed by atoms with Crippen LogP contribution < -0.4 is 0 Å². The summed E-state index contributed by atoms with van der Waals surface area (Å²) in [5.74, 6) is 1.14. The van der Waals surface area contributed by atoms with Gasteiger partial charge in [0, 0.05) is 51.7 Å². The van der Waals surface area contributed by atoms with Crippen LogP contribution in [0.25, 0.3) is 0 Å². The first-order valence-electron chi connectivity index (χ1n) is 8.49. The van der Waals surface area contributed by atoms with Crippen LogP contribution in [0.4, 0.5) is 0 Å². The lowest BCUT2D eigenvalue weighted by molar-refractivity contribution is 0.0636. The summed E-state index contributed by atoms with van der Waals surface area (Å²) in [6, 6.07) is 0. The maximum Gasteiger partial charge on any atom is 0.267 e. The molecular formula is C16H24N6OS. The van der Waals surface area contributed by atoms with E-state index >= 15 is 0 Å². The Balaban J connectivity index is 1.50. The molecule has 3 rings (SSSR count). The van der Waals surface area contributed by atoms with Gasteiger partial charge in [-0.3, -0.25) is 9.69 Å². The Hall–Kier alpha value is -1.80. The number of hydrogen-bond acceptors (Lipinski definition) is 6. The Labute approximate surface area is 146 Å². The molecule has 0 aromatic carbocycles.